The standard InChI is InChI=1S/C12H13ClN4/c13-12-2-1-10(8-16-12)11(17-14)7-9-3-5-15-6-4-9/h1-6,8,11,17H,7,14H2. The molecule has 0 aliphatic carbocycles. The number of hydrazine groups is 1. The van der Waals surface area contributed by atoms with Crippen LogP contribution in [0.4, 0.5) is 0 Å². The van der Waals surface area contributed by atoms with Gasteiger partial charge in [-0.1, -0.05) is 17.7 Å². The molecule has 0 fully saturated rings. The van der Waals surface area contributed by atoms with Crippen LogP contribution >= 0.6 is 11.6 Å². The first kappa shape index (κ1) is 12.0. The van der Waals surface area contributed by atoms with Crippen LogP contribution in [0, 0.1) is 0 Å². The molecule has 0 aliphatic heterocycles. The molecule has 1 unspecified atom stereocenters. The normalized spacial score (nSPS) is 12.4. The highest BCUT2D eigenvalue weighted by molar-refractivity contribution is 6.29. The lowest BCUT2D eigenvalue weighted by Crippen LogP contribution is -2.29. The summed E-state index contributed by atoms with van der Waals surface area (Å²) in [5, 5.41) is 0.480. The first-order valence-electron chi connectivity index (χ1n) is 5.26. The molecule has 0 radical (unpaired) electrons. The topological polar surface area (TPSA) is 63.8 Å². The molecule has 17 heavy (non-hydrogen) atoms. The van der Waals surface area contributed by atoms with Gasteiger partial charge in [0, 0.05) is 18.6 Å². The van der Waals surface area contributed by atoms with E-state index in [1.807, 2.05) is 18.2 Å². The van der Waals surface area contributed by atoms with Gasteiger partial charge >= 0.3 is 0 Å². The summed E-state index contributed by atoms with van der Waals surface area (Å²) >= 11 is 5.75. The molecular formula is C12H13ClN4. The summed E-state index contributed by atoms with van der Waals surface area (Å²) in [6, 6.07) is 7.62. The van der Waals surface area contributed by atoms with Crippen molar-refractivity contribution < 1.29 is 0 Å². The molecule has 2 heterocycles. The van der Waals surface area contributed by atoms with Crippen molar-refractivity contribution in [1.29, 1.82) is 0 Å². The Labute approximate surface area is 105 Å². The van der Waals surface area contributed by atoms with E-state index in [2.05, 4.69) is 15.4 Å². The zero-order valence-electron chi connectivity index (χ0n) is 9.18. The van der Waals surface area contributed by atoms with E-state index in [0.29, 0.717) is 5.15 Å². The van der Waals surface area contributed by atoms with Crippen LogP contribution in [0.2, 0.25) is 5.15 Å². The minimum absolute atomic E-state index is 0.0159. The molecular weight excluding hydrogens is 236 g/mol. The first-order valence-corrected chi connectivity index (χ1v) is 5.64. The van der Waals surface area contributed by atoms with Gasteiger partial charge in [-0.25, -0.2) is 4.98 Å². The van der Waals surface area contributed by atoms with E-state index >= 15 is 0 Å². The van der Waals surface area contributed by atoms with Crippen LogP contribution in [0.25, 0.3) is 0 Å². The van der Waals surface area contributed by atoms with Gasteiger partial charge in [0.25, 0.3) is 0 Å². The number of nitrogens with two attached hydrogens (primary N) is 1. The van der Waals surface area contributed by atoms with Gasteiger partial charge < -0.3 is 0 Å². The Balaban J connectivity index is 2.14. The lowest BCUT2D eigenvalue weighted by atomic mass is 10.0. The Kier molecular flexibility index (Phi) is 4.03. The molecule has 4 nitrogen and oxygen atoms in total. The van der Waals surface area contributed by atoms with E-state index < -0.39 is 0 Å². The average molecular weight is 249 g/mol. The van der Waals surface area contributed by atoms with E-state index in [1.54, 1.807) is 24.7 Å². The van der Waals surface area contributed by atoms with Crippen LogP contribution in [0.1, 0.15) is 17.2 Å². The number of nitrogens with zero attached hydrogens (tertiary/aromatic N) is 2. The van der Waals surface area contributed by atoms with E-state index in [0.717, 1.165) is 17.5 Å². The van der Waals surface area contributed by atoms with E-state index in [4.69, 9.17) is 17.4 Å². The van der Waals surface area contributed by atoms with Crippen molar-refractivity contribution in [3.05, 3.63) is 59.1 Å². The van der Waals surface area contributed by atoms with Gasteiger partial charge in [0.15, 0.2) is 0 Å². The molecule has 88 valence electrons. The maximum absolute atomic E-state index is 5.75. The van der Waals surface area contributed by atoms with Crippen molar-refractivity contribution in [3.63, 3.8) is 0 Å². The zero-order valence-corrected chi connectivity index (χ0v) is 9.93. The third-order valence-electron chi connectivity index (χ3n) is 2.54. The highest BCUT2D eigenvalue weighted by Crippen LogP contribution is 2.17. The second-order valence-electron chi connectivity index (χ2n) is 3.69. The van der Waals surface area contributed by atoms with Crippen molar-refractivity contribution in [2.24, 2.45) is 5.84 Å². The maximum atomic E-state index is 5.75. The van der Waals surface area contributed by atoms with Crippen molar-refractivity contribution >= 4 is 11.6 Å². The number of pyridine rings is 2. The highest BCUT2D eigenvalue weighted by atomic mass is 35.5. The number of nitrogens with one attached hydrogen (secondary N) is 1. The monoisotopic (exact) mass is 248 g/mol. The number of aromatic nitrogens is 2. The largest absolute Gasteiger partial charge is 0.271 e. The van der Waals surface area contributed by atoms with E-state index in [1.165, 1.54) is 0 Å². The summed E-state index contributed by atoms with van der Waals surface area (Å²) in [7, 11) is 0. The molecule has 0 saturated heterocycles. The lowest BCUT2D eigenvalue weighted by Gasteiger charge is -2.15. The average Bonchev–Trinajstić information content (AvgIpc) is 2.38. The van der Waals surface area contributed by atoms with Crippen LogP contribution in [-0.2, 0) is 6.42 Å². The molecule has 0 aliphatic rings. The summed E-state index contributed by atoms with van der Waals surface area (Å²) in [5.74, 6) is 5.56. The van der Waals surface area contributed by atoms with Crippen molar-refractivity contribution in [2.45, 2.75) is 12.5 Å². The number of hydrogen-bond donors (Lipinski definition) is 2. The second kappa shape index (κ2) is 5.72. The minimum atomic E-state index is 0.0159. The Morgan fingerprint density at radius 3 is 2.59 bits per heavy atom. The van der Waals surface area contributed by atoms with Crippen molar-refractivity contribution in [2.75, 3.05) is 0 Å². The molecule has 2 aromatic heterocycles. The summed E-state index contributed by atoms with van der Waals surface area (Å²) in [5.41, 5.74) is 4.96. The predicted molar refractivity (Wildman–Crippen MR) is 67.3 cm³/mol. The van der Waals surface area contributed by atoms with Gasteiger partial charge in [-0.2, -0.15) is 0 Å². The Hall–Kier alpha value is -1.49. The molecule has 0 spiro atoms. The SMILES string of the molecule is NNC(Cc1ccncc1)c1ccc(Cl)nc1. The molecule has 2 aromatic rings. The maximum Gasteiger partial charge on any atom is 0.129 e. The molecule has 0 saturated carbocycles. The third-order valence-corrected chi connectivity index (χ3v) is 2.77. The predicted octanol–water partition coefficient (Wildman–Crippen LogP) is 1.88. The fourth-order valence-electron chi connectivity index (χ4n) is 1.62. The molecule has 0 aromatic carbocycles. The van der Waals surface area contributed by atoms with Crippen LogP contribution in [-0.4, -0.2) is 9.97 Å². The van der Waals surface area contributed by atoms with Gasteiger partial charge in [-0.3, -0.25) is 16.3 Å². The quantitative estimate of drug-likeness (QED) is 0.493. The smallest absolute Gasteiger partial charge is 0.129 e. The van der Waals surface area contributed by atoms with Crippen LogP contribution in [0.15, 0.2) is 42.9 Å². The first-order chi connectivity index (χ1) is 8.29. The molecule has 5 heteroatoms. The lowest BCUT2D eigenvalue weighted by molar-refractivity contribution is 0.550. The summed E-state index contributed by atoms with van der Waals surface area (Å²) in [4.78, 5) is 8.03. The Bertz CT molecular complexity index is 458. The minimum Gasteiger partial charge on any atom is -0.271 e. The van der Waals surface area contributed by atoms with Crippen molar-refractivity contribution in [3.8, 4) is 0 Å². The fourth-order valence-corrected chi connectivity index (χ4v) is 1.73. The second-order valence-corrected chi connectivity index (χ2v) is 4.08. The van der Waals surface area contributed by atoms with Crippen LogP contribution in [0.3, 0.4) is 0 Å². The molecule has 0 bridgehead atoms. The van der Waals surface area contributed by atoms with Gasteiger partial charge in [0.05, 0.1) is 6.04 Å². The summed E-state index contributed by atoms with van der Waals surface area (Å²) in [6.45, 7) is 0. The number of rotatable bonds is 4. The zero-order chi connectivity index (χ0) is 12.1. The molecule has 2 rings (SSSR count). The third kappa shape index (κ3) is 3.23. The Morgan fingerprint density at radius 2 is 2.00 bits per heavy atom. The van der Waals surface area contributed by atoms with Gasteiger partial charge in [0.2, 0.25) is 0 Å². The fraction of sp³-hybridized carbons (Fsp3) is 0.167. The van der Waals surface area contributed by atoms with Crippen molar-refractivity contribution in [1.82, 2.24) is 15.4 Å². The number of halogens is 1. The van der Waals surface area contributed by atoms with Crippen LogP contribution in [0.5, 0.6) is 0 Å². The van der Waals surface area contributed by atoms with Gasteiger partial charge in [0.1, 0.15) is 5.15 Å². The van der Waals surface area contributed by atoms with E-state index in [9.17, 15) is 0 Å². The summed E-state index contributed by atoms with van der Waals surface area (Å²) in [6.07, 6.45) is 6.04. The Morgan fingerprint density at radius 1 is 1.24 bits per heavy atom. The molecule has 3 N–H and O–H groups in total. The van der Waals surface area contributed by atoms with Crippen LogP contribution < -0.4 is 11.3 Å². The molecule has 1 atom stereocenters. The number of hydrogen-bond acceptors (Lipinski definition) is 4. The van der Waals surface area contributed by atoms with E-state index in [-0.39, 0.29) is 6.04 Å². The molecule has 0 amide bonds. The summed E-state index contributed by atoms with van der Waals surface area (Å²) < 4.78 is 0. The highest BCUT2D eigenvalue weighted by Gasteiger charge is 2.10. The van der Waals surface area contributed by atoms with Gasteiger partial charge in [-0.15, -0.1) is 0 Å². The van der Waals surface area contributed by atoms with Gasteiger partial charge in [-0.05, 0) is 35.7 Å².